The smallest absolute Gasteiger partial charge is 0.726 e. The maximum absolute atomic E-state index is 11.0. The van der Waals surface area contributed by atoms with E-state index in [1.807, 2.05) is 0 Å². The summed E-state index contributed by atoms with van der Waals surface area (Å²) < 4.78 is 37.7. The van der Waals surface area contributed by atoms with Crippen LogP contribution in [0.5, 0.6) is 0 Å². The van der Waals surface area contributed by atoms with Gasteiger partial charge in [-0.15, -0.1) is 0 Å². The second-order valence-electron chi connectivity index (χ2n) is 14.4. The Morgan fingerprint density at radius 3 is 0.783 bits per heavy atom. The van der Waals surface area contributed by atoms with Gasteiger partial charge in [0.05, 0.1) is 6.61 Å². The van der Waals surface area contributed by atoms with Crippen molar-refractivity contribution in [3.05, 3.63) is 0 Å². The Labute approximate surface area is 333 Å². The molecule has 1 atom stereocenters. The number of hydrogen-bond acceptors (Lipinski definition) is 4. The molecule has 0 spiro atoms. The minimum Gasteiger partial charge on any atom is -0.726 e. The van der Waals surface area contributed by atoms with E-state index in [2.05, 4.69) is 18.0 Å². The number of rotatable bonds is 39. The Morgan fingerprint density at radius 2 is 0.587 bits per heavy atom. The largest absolute Gasteiger partial charge is 1.00 e. The van der Waals surface area contributed by atoms with Crippen LogP contribution in [0.3, 0.4) is 0 Å². The van der Waals surface area contributed by atoms with Crippen LogP contribution in [0.25, 0.3) is 0 Å². The second kappa shape index (κ2) is 40.9. The van der Waals surface area contributed by atoms with Crippen LogP contribution in [0.4, 0.5) is 0 Å². The summed E-state index contributed by atoms with van der Waals surface area (Å²) in [5, 5.41) is 0. The third kappa shape index (κ3) is 43.5. The summed E-state index contributed by atoms with van der Waals surface area (Å²) in [5.74, 6) is 0.196. The van der Waals surface area contributed by atoms with Crippen LogP contribution >= 0.6 is 0 Å². The van der Waals surface area contributed by atoms with Gasteiger partial charge in [0.1, 0.15) is 0 Å². The summed E-state index contributed by atoms with van der Waals surface area (Å²) in [6.07, 6.45) is 48.3. The molecule has 0 N–H and O–H groups in total. The zero-order valence-electron chi connectivity index (χ0n) is 31.8. The third-order valence-corrected chi connectivity index (χ3v) is 10.3. The molecule has 0 amide bonds. The molecule has 0 heterocycles. The van der Waals surface area contributed by atoms with Crippen molar-refractivity contribution in [2.75, 3.05) is 6.61 Å². The van der Waals surface area contributed by atoms with Gasteiger partial charge >= 0.3 is 51.4 Å². The van der Waals surface area contributed by atoms with Gasteiger partial charge in [-0.05, 0) is 18.8 Å². The Hall–Kier alpha value is 1.51. The van der Waals surface area contributed by atoms with E-state index < -0.39 is 10.4 Å². The summed E-state index contributed by atoms with van der Waals surface area (Å²) >= 11 is 0. The van der Waals surface area contributed by atoms with E-state index in [9.17, 15) is 13.0 Å². The van der Waals surface area contributed by atoms with Crippen molar-refractivity contribution in [3.8, 4) is 0 Å². The van der Waals surface area contributed by atoms with Crippen molar-refractivity contribution in [2.45, 2.75) is 245 Å². The van der Waals surface area contributed by atoms with Gasteiger partial charge in [-0.25, -0.2) is 8.42 Å². The van der Waals surface area contributed by atoms with E-state index in [1.54, 1.807) is 0 Å². The minimum atomic E-state index is -4.59. The standard InChI is InChI=1S/C40H82O4S.K/c1-3-5-7-9-11-13-15-17-19-21-22-24-26-28-30-32-34-36-38-40(39-44-45(41,42)43)37-35-33-31-29-27-25-23-20-18-16-14-12-10-8-6-4-2;/h40H,3-39H2,1-2H3,(H,41,42,43);/q;+1/p-1. The van der Waals surface area contributed by atoms with Gasteiger partial charge in [0, 0.05) is 0 Å². The predicted octanol–water partition coefficient (Wildman–Crippen LogP) is 11.2. The first-order chi connectivity index (χ1) is 22.0. The molecule has 0 bridgehead atoms. The Bertz CT molecular complexity index is 658. The van der Waals surface area contributed by atoms with Crippen molar-refractivity contribution < 1.29 is 68.5 Å². The van der Waals surface area contributed by atoms with Crippen molar-refractivity contribution in [1.82, 2.24) is 0 Å². The molecule has 272 valence electrons. The summed E-state index contributed by atoms with van der Waals surface area (Å²) in [6, 6.07) is 0. The van der Waals surface area contributed by atoms with E-state index in [-0.39, 0.29) is 63.9 Å². The molecule has 46 heavy (non-hydrogen) atoms. The van der Waals surface area contributed by atoms with E-state index in [1.165, 1.54) is 205 Å². The van der Waals surface area contributed by atoms with Crippen LogP contribution in [0.2, 0.25) is 0 Å². The van der Waals surface area contributed by atoms with Gasteiger partial charge < -0.3 is 4.55 Å². The van der Waals surface area contributed by atoms with Gasteiger partial charge in [-0.3, -0.25) is 4.18 Å². The zero-order valence-corrected chi connectivity index (χ0v) is 35.7. The molecule has 0 aromatic heterocycles. The van der Waals surface area contributed by atoms with Gasteiger partial charge in [0.25, 0.3) is 0 Å². The number of unbranched alkanes of at least 4 members (excludes halogenated alkanes) is 32. The van der Waals surface area contributed by atoms with Crippen molar-refractivity contribution in [2.24, 2.45) is 5.92 Å². The van der Waals surface area contributed by atoms with Crippen LogP contribution in [0, 0.1) is 5.92 Å². The summed E-state index contributed by atoms with van der Waals surface area (Å²) in [6.45, 7) is 4.64. The van der Waals surface area contributed by atoms with Gasteiger partial charge in [0.15, 0.2) is 0 Å². The molecule has 0 radical (unpaired) electrons. The monoisotopic (exact) mass is 697 g/mol. The van der Waals surface area contributed by atoms with E-state index >= 15 is 0 Å². The Balaban J connectivity index is 0. The average molecular weight is 697 g/mol. The molecule has 0 aromatic carbocycles. The van der Waals surface area contributed by atoms with Gasteiger partial charge in [-0.1, -0.05) is 232 Å². The first kappa shape index (κ1) is 49.6. The van der Waals surface area contributed by atoms with Crippen LogP contribution in [-0.2, 0) is 14.6 Å². The normalized spacial score (nSPS) is 12.4. The second-order valence-corrected chi connectivity index (χ2v) is 15.5. The van der Waals surface area contributed by atoms with Crippen LogP contribution < -0.4 is 51.4 Å². The van der Waals surface area contributed by atoms with Crippen molar-refractivity contribution >= 4 is 10.4 Å². The molecule has 4 nitrogen and oxygen atoms in total. The fourth-order valence-electron chi connectivity index (χ4n) is 6.81. The average Bonchev–Trinajstić information content (AvgIpc) is 3.02. The molecule has 1 unspecified atom stereocenters. The fourth-order valence-corrected chi connectivity index (χ4v) is 7.17. The first-order valence-corrected chi connectivity index (χ1v) is 21.9. The molecular formula is C40H81KO4S. The molecule has 0 aliphatic rings. The topological polar surface area (TPSA) is 66.4 Å². The molecule has 6 heteroatoms. The van der Waals surface area contributed by atoms with E-state index in [4.69, 9.17) is 0 Å². The van der Waals surface area contributed by atoms with Crippen LogP contribution in [0.1, 0.15) is 245 Å². The van der Waals surface area contributed by atoms with Crippen molar-refractivity contribution in [3.63, 3.8) is 0 Å². The summed E-state index contributed by atoms with van der Waals surface area (Å²) in [5.41, 5.74) is 0. The summed E-state index contributed by atoms with van der Waals surface area (Å²) in [7, 11) is -4.59. The summed E-state index contributed by atoms with van der Waals surface area (Å²) in [4.78, 5) is 0. The SMILES string of the molecule is CCCCCCCCCCCCCCCCCCCCC(CCCCCCCCCCCCCCCCCC)COS(=O)(=O)[O-].[K+]. The third-order valence-electron chi connectivity index (χ3n) is 9.88. The molecule has 0 aromatic rings. The maximum Gasteiger partial charge on any atom is 1.00 e. The molecule has 0 rings (SSSR count). The van der Waals surface area contributed by atoms with E-state index in [0.717, 1.165) is 25.7 Å². The quantitative estimate of drug-likeness (QED) is 0.0278. The zero-order chi connectivity index (χ0) is 32.9. The minimum absolute atomic E-state index is 0. The first-order valence-electron chi connectivity index (χ1n) is 20.6. The molecule has 0 aliphatic carbocycles. The Morgan fingerprint density at radius 1 is 0.391 bits per heavy atom. The van der Waals surface area contributed by atoms with Gasteiger partial charge in [-0.2, -0.15) is 0 Å². The molecule has 0 saturated heterocycles. The van der Waals surface area contributed by atoms with Crippen LogP contribution in [-0.4, -0.2) is 19.6 Å². The predicted molar refractivity (Wildman–Crippen MR) is 197 cm³/mol. The molecular weight excluding hydrogens is 616 g/mol. The fraction of sp³-hybridized carbons (Fsp3) is 1.00. The molecule has 0 fully saturated rings. The van der Waals surface area contributed by atoms with Gasteiger partial charge in [0.2, 0.25) is 10.4 Å². The molecule has 0 saturated carbocycles. The van der Waals surface area contributed by atoms with Crippen LogP contribution in [0.15, 0.2) is 0 Å². The molecule has 0 aliphatic heterocycles. The number of hydrogen-bond donors (Lipinski definition) is 0. The maximum atomic E-state index is 11.0. The Kier molecular flexibility index (Phi) is 44.2. The van der Waals surface area contributed by atoms with E-state index in [0.29, 0.717) is 0 Å². The van der Waals surface area contributed by atoms with Crippen molar-refractivity contribution in [1.29, 1.82) is 0 Å².